The highest BCUT2D eigenvalue weighted by molar-refractivity contribution is 6.42. The molecule has 0 saturated heterocycles. The molecule has 4 heteroatoms. The molecular weight excluding hydrogens is 271 g/mol. The lowest BCUT2D eigenvalue weighted by Crippen LogP contribution is -1.89. The Balaban J connectivity index is 2.62. The third-order valence-corrected chi connectivity index (χ3v) is 3.47. The number of rotatable bonds is 2. The summed E-state index contributed by atoms with van der Waals surface area (Å²) in [6.07, 6.45) is 0. The number of hydrogen-bond donors (Lipinski definition) is 1. The smallest absolute Gasteiger partial charge is 0.128 e. The first kappa shape index (κ1) is 13.1. The van der Waals surface area contributed by atoms with Gasteiger partial charge in [-0.25, -0.2) is 0 Å². The summed E-state index contributed by atoms with van der Waals surface area (Å²) in [4.78, 5) is 0. The maximum Gasteiger partial charge on any atom is 0.128 e. The third kappa shape index (κ3) is 2.40. The Hall–Kier alpha value is -1.38. The fourth-order valence-electron chi connectivity index (χ4n) is 1.75. The van der Waals surface area contributed by atoms with Crippen molar-refractivity contribution in [3.8, 4) is 22.6 Å². The van der Waals surface area contributed by atoms with Crippen LogP contribution in [-0.4, -0.2) is 12.2 Å². The maximum absolute atomic E-state index is 9.54. The molecule has 0 aliphatic rings. The summed E-state index contributed by atoms with van der Waals surface area (Å²) in [5.41, 5.74) is 2.55. The molecule has 0 radical (unpaired) electrons. The van der Waals surface area contributed by atoms with Crippen molar-refractivity contribution < 1.29 is 9.84 Å². The van der Waals surface area contributed by atoms with Crippen LogP contribution in [0.5, 0.6) is 11.5 Å². The largest absolute Gasteiger partial charge is 0.508 e. The van der Waals surface area contributed by atoms with Gasteiger partial charge in [0.15, 0.2) is 0 Å². The van der Waals surface area contributed by atoms with E-state index in [1.54, 1.807) is 25.3 Å². The summed E-state index contributed by atoms with van der Waals surface area (Å²) in [6.45, 7) is 1.84. The molecular formula is C14H12Cl2O2. The maximum atomic E-state index is 9.54. The summed E-state index contributed by atoms with van der Waals surface area (Å²) < 4.78 is 5.30. The van der Waals surface area contributed by atoms with E-state index in [1.165, 1.54) is 0 Å². The summed E-state index contributed by atoms with van der Waals surface area (Å²) in [6, 6.07) is 8.77. The van der Waals surface area contributed by atoms with Crippen LogP contribution in [0.1, 0.15) is 5.56 Å². The van der Waals surface area contributed by atoms with Gasteiger partial charge in [0, 0.05) is 11.6 Å². The third-order valence-electron chi connectivity index (χ3n) is 2.75. The fraction of sp³-hybridized carbons (Fsp3) is 0.143. The van der Waals surface area contributed by atoms with Gasteiger partial charge in [0.1, 0.15) is 11.5 Å². The van der Waals surface area contributed by atoms with Crippen molar-refractivity contribution in [1.29, 1.82) is 0 Å². The number of hydrogen-bond acceptors (Lipinski definition) is 2. The molecule has 1 N–H and O–H groups in total. The summed E-state index contributed by atoms with van der Waals surface area (Å²) in [7, 11) is 1.58. The molecule has 0 aromatic heterocycles. The standard InChI is InChI=1S/C14H12Cl2O2/c1-8-5-9(3-4-13(8)17)10-6-11(15)12(16)7-14(10)18-2/h3-7,17H,1-2H3. The van der Waals surface area contributed by atoms with E-state index in [1.807, 2.05) is 19.1 Å². The molecule has 94 valence electrons. The van der Waals surface area contributed by atoms with Gasteiger partial charge < -0.3 is 9.84 Å². The van der Waals surface area contributed by atoms with Gasteiger partial charge in [0.05, 0.1) is 17.2 Å². The van der Waals surface area contributed by atoms with Gasteiger partial charge >= 0.3 is 0 Å². The molecule has 0 spiro atoms. The van der Waals surface area contributed by atoms with Crippen molar-refractivity contribution >= 4 is 23.2 Å². The summed E-state index contributed by atoms with van der Waals surface area (Å²) in [5.74, 6) is 0.910. The van der Waals surface area contributed by atoms with Gasteiger partial charge in [-0.1, -0.05) is 29.3 Å². The van der Waals surface area contributed by atoms with Crippen LogP contribution in [0.2, 0.25) is 10.0 Å². The van der Waals surface area contributed by atoms with E-state index < -0.39 is 0 Å². The molecule has 0 amide bonds. The second-order valence-corrected chi connectivity index (χ2v) is 4.78. The zero-order valence-corrected chi connectivity index (χ0v) is 11.5. The average molecular weight is 283 g/mol. The van der Waals surface area contributed by atoms with Gasteiger partial charge in [-0.15, -0.1) is 0 Å². The van der Waals surface area contributed by atoms with E-state index in [0.717, 1.165) is 16.7 Å². The number of aryl methyl sites for hydroxylation is 1. The molecule has 18 heavy (non-hydrogen) atoms. The van der Waals surface area contributed by atoms with E-state index in [9.17, 15) is 5.11 Å². The predicted molar refractivity (Wildman–Crippen MR) is 74.9 cm³/mol. The molecule has 0 heterocycles. The van der Waals surface area contributed by atoms with E-state index in [4.69, 9.17) is 27.9 Å². The molecule has 0 aliphatic carbocycles. The molecule has 0 bridgehead atoms. The molecule has 0 saturated carbocycles. The quantitative estimate of drug-likeness (QED) is 0.866. The van der Waals surface area contributed by atoms with Gasteiger partial charge in [-0.05, 0) is 36.2 Å². The van der Waals surface area contributed by atoms with Gasteiger partial charge in [0.2, 0.25) is 0 Å². The van der Waals surface area contributed by atoms with Crippen LogP contribution in [0.3, 0.4) is 0 Å². The van der Waals surface area contributed by atoms with Crippen LogP contribution < -0.4 is 4.74 Å². The van der Waals surface area contributed by atoms with Gasteiger partial charge in [0.25, 0.3) is 0 Å². The van der Waals surface area contributed by atoms with Gasteiger partial charge in [-0.3, -0.25) is 0 Å². The fourth-order valence-corrected chi connectivity index (χ4v) is 2.06. The van der Waals surface area contributed by atoms with E-state index in [2.05, 4.69) is 0 Å². The predicted octanol–water partition coefficient (Wildman–Crippen LogP) is 4.68. The molecule has 2 aromatic carbocycles. The first-order chi connectivity index (χ1) is 8.52. The lowest BCUT2D eigenvalue weighted by atomic mass is 10.0. The number of methoxy groups -OCH3 is 1. The highest BCUT2D eigenvalue weighted by Gasteiger charge is 2.11. The van der Waals surface area contributed by atoms with Crippen LogP contribution in [0.15, 0.2) is 30.3 Å². The van der Waals surface area contributed by atoms with Crippen molar-refractivity contribution in [2.75, 3.05) is 7.11 Å². The van der Waals surface area contributed by atoms with E-state index in [0.29, 0.717) is 15.8 Å². The van der Waals surface area contributed by atoms with Gasteiger partial charge in [-0.2, -0.15) is 0 Å². The highest BCUT2D eigenvalue weighted by atomic mass is 35.5. The Morgan fingerprint density at radius 1 is 1.06 bits per heavy atom. The van der Waals surface area contributed by atoms with Crippen LogP contribution in [0.4, 0.5) is 0 Å². The number of ether oxygens (including phenoxy) is 1. The minimum Gasteiger partial charge on any atom is -0.508 e. The Labute approximate surface area is 116 Å². The van der Waals surface area contributed by atoms with Crippen molar-refractivity contribution in [3.63, 3.8) is 0 Å². The number of phenolic OH excluding ortho intramolecular Hbond substituents is 1. The Kier molecular flexibility index (Phi) is 3.69. The Morgan fingerprint density at radius 3 is 2.33 bits per heavy atom. The molecule has 2 rings (SSSR count). The lowest BCUT2D eigenvalue weighted by molar-refractivity contribution is 0.416. The van der Waals surface area contributed by atoms with Crippen molar-refractivity contribution in [1.82, 2.24) is 0 Å². The molecule has 0 unspecified atom stereocenters. The second-order valence-electron chi connectivity index (χ2n) is 3.97. The SMILES string of the molecule is COc1cc(Cl)c(Cl)cc1-c1ccc(O)c(C)c1. The summed E-state index contributed by atoms with van der Waals surface area (Å²) >= 11 is 12.0. The minimum atomic E-state index is 0.262. The van der Waals surface area contributed by atoms with Crippen LogP contribution >= 0.6 is 23.2 Å². The van der Waals surface area contributed by atoms with Crippen LogP contribution in [0.25, 0.3) is 11.1 Å². The number of benzene rings is 2. The van der Waals surface area contributed by atoms with E-state index >= 15 is 0 Å². The summed E-state index contributed by atoms with van der Waals surface area (Å²) in [5, 5.41) is 10.5. The molecule has 0 aliphatic heterocycles. The normalized spacial score (nSPS) is 10.4. The lowest BCUT2D eigenvalue weighted by Gasteiger charge is -2.11. The Bertz CT molecular complexity index is 595. The van der Waals surface area contributed by atoms with Crippen molar-refractivity contribution in [3.05, 3.63) is 45.9 Å². The average Bonchev–Trinajstić information content (AvgIpc) is 2.35. The second kappa shape index (κ2) is 5.09. The zero-order chi connectivity index (χ0) is 13.3. The Morgan fingerprint density at radius 2 is 1.72 bits per heavy atom. The van der Waals surface area contributed by atoms with Crippen molar-refractivity contribution in [2.45, 2.75) is 6.92 Å². The van der Waals surface area contributed by atoms with Crippen molar-refractivity contribution in [2.24, 2.45) is 0 Å². The van der Waals surface area contributed by atoms with Crippen LogP contribution in [0, 0.1) is 6.92 Å². The van der Waals surface area contributed by atoms with E-state index in [-0.39, 0.29) is 5.75 Å². The first-order valence-corrected chi connectivity index (χ1v) is 6.11. The number of phenols is 1. The number of aromatic hydroxyl groups is 1. The van der Waals surface area contributed by atoms with Crippen LogP contribution in [-0.2, 0) is 0 Å². The molecule has 2 aromatic rings. The minimum absolute atomic E-state index is 0.262. The molecule has 2 nitrogen and oxygen atoms in total. The topological polar surface area (TPSA) is 29.5 Å². The molecule has 0 fully saturated rings. The number of halogens is 2. The first-order valence-electron chi connectivity index (χ1n) is 5.36. The zero-order valence-electron chi connectivity index (χ0n) is 10.00. The molecule has 0 atom stereocenters. The highest BCUT2D eigenvalue weighted by Crippen LogP contribution is 2.38. The monoisotopic (exact) mass is 282 g/mol.